The van der Waals surface area contributed by atoms with E-state index in [1.54, 1.807) is 13.0 Å². The van der Waals surface area contributed by atoms with Crippen molar-refractivity contribution in [1.29, 1.82) is 0 Å². The van der Waals surface area contributed by atoms with E-state index < -0.39 is 11.9 Å². The molecule has 1 atom stereocenters. The van der Waals surface area contributed by atoms with Crippen molar-refractivity contribution in [3.05, 3.63) is 39.9 Å². The smallest absolute Gasteiger partial charge is 0.313 e. The minimum atomic E-state index is -0.669. The van der Waals surface area contributed by atoms with E-state index in [9.17, 15) is 15.0 Å². The summed E-state index contributed by atoms with van der Waals surface area (Å²) in [6.07, 6.45) is 0.218. The van der Waals surface area contributed by atoms with E-state index in [0.717, 1.165) is 15.4 Å². The Balaban J connectivity index is 2.61. The summed E-state index contributed by atoms with van der Waals surface area (Å²) in [5.41, 5.74) is 1.33. The lowest BCUT2D eigenvalue weighted by molar-refractivity contribution is -0.145. The van der Waals surface area contributed by atoms with Crippen LogP contribution in [0.15, 0.2) is 28.7 Å². The number of aliphatic hydroxyl groups is 1. The van der Waals surface area contributed by atoms with Crippen LogP contribution in [0.5, 0.6) is 5.75 Å². The van der Waals surface area contributed by atoms with E-state index in [2.05, 4.69) is 15.9 Å². The summed E-state index contributed by atoms with van der Waals surface area (Å²) in [4.78, 5) is 12.2. The van der Waals surface area contributed by atoms with E-state index in [-0.39, 0.29) is 25.4 Å². The van der Waals surface area contributed by atoms with Crippen molar-refractivity contribution in [2.24, 2.45) is 0 Å². The lowest BCUT2D eigenvalue weighted by Gasteiger charge is -2.20. The van der Waals surface area contributed by atoms with Crippen LogP contribution in [0.4, 0.5) is 0 Å². The van der Waals surface area contributed by atoms with Gasteiger partial charge in [0.15, 0.2) is 0 Å². The average Bonchev–Trinajstić information content (AvgIpc) is 2.46. The molecule has 22 heavy (non-hydrogen) atoms. The highest BCUT2D eigenvalue weighted by Gasteiger charge is 2.27. The predicted molar refractivity (Wildman–Crippen MR) is 89.1 cm³/mol. The molecule has 2 N–H and O–H groups in total. The molecule has 5 heteroatoms. The van der Waals surface area contributed by atoms with Gasteiger partial charge in [-0.3, -0.25) is 4.79 Å². The Bertz CT molecular complexity index is 697. The van der Waals surface area contributed by atoms with E-state index in [4.69, 9.17) is 4.74 Å². The lowest BCUT2D eigenvalue weighted by atomic mass is 9.88. The molecule has 0 fully saturated rings. The molecule has 0 aliphatic heterocycles. The minimum absolute atomic E-state index is 0.0778. The van der Waals surface area contributed by atoms with Crippen molar-refractivity contribution in [1.82, 2.24) is 0 Å². The van der Waals surface area contributed by atoms with Gasteiger partial charge in [-0.25, -0.2) is 0 Å². The second-order valence-electron chi connectivity index (χ2n) is 5.14. The number of phenols is 1. The molecule has 0 aromatic heterocycles. The van der Waals surface area contributed by atoms with Crippen LogP contribution in [0.3, 0.4) is 0 Å². The largest absolute Gasteiger partial charge is 0.507 e. The van der Waals surface area contributed by atoms with Gasteiger partial charge in [-0.05, 0) is 49.4 Å². The predicted octanol–water partition coefficient (Wildman–Crippen LogP) is 3.65. The second-order valence-corrected chi connectivity index (χ2v) is 6.05. The fraction of sp³-hybridized carbons (Fsp3) is 0.353. The van der Waals surface area contributed by atoms with Crippen LogP contribution in [-0.4, -0.2) is 29.4 Å². The fourth-order valence-corrected chi connectivity index (χ4v) is 3.08. The number of esters is 1. The Kier molecular flexibility index (Phi) is 5.42. The zero-order valence-electron chi connectivity index (χ0n) is 12.6. The second kappa shape index (κ2) is 7.11. The summed E-state index contributed by atoms with van der Waals surface area (Å²) >= 11 is 3.41. The van der Waals surface area contributed by atoms with Crippen LogP contribution >= 0.6 is 15.9 Å². The van der Waals surface area contributed by atoms with Gasteiger partial charge >= 0.3 is 5.97 Å². The van der Waals surface area contributed by atoms with Crippen molar-refractivity contribution in [3.63, 3.8) is 0 Å². The van der Waals surface area contributed by atoms with Crippen molar-refractivity contribution in [2.75, 3.05) is 13.2 Å². The van der Waals surface area contributed by atoms with Gasteiger partial charge in [0.25, 0.3) is 0 Å². The molecule has 0 spiro atoms. The first-order chi connectivity index (χ1) is 10.5. The number of aryl methyl sites for hydroxylation is 1. The fourth-order valence-electron chi connectivity index (χ4n) is 2.70. The third kappa shape index (κ3) is 3.25. The Morgan fingerprint density at radius 2 is 2.09 bits per heavy atom. The number of hydrogen-bond donors (Lipinski definition) is 2. The maximum Gasteiger partial charge on any atom is 0.313 e. The Labute approximate surface area is 137 Å². The first-order valence-corrected chi connectivity index (χ1v) is 7.98. The van der Waals surface area contributed by atoms with Crippen molar-refractivity contribution < 1.29 is 19.7 Å². The number of hydrogen-bond acceptors (Lipinski definition) is 4. The van der Waals surface area contributed by atoms with Gasteiger partial charge in [-0.2, -0.15) is 0 Å². The van der Waals surface area contributed by atoms with Gasteiger partial charge in [0.05, 0.1) is 12.5 Å². The summed E-state index contributed by atoms with van der Waals surface area (Å²) in [6.45, 7) is 3.69. The number of carbonyl (C=O) groups excluding carboxylic acids is 1. The topological polar surface area (TPSA) is 66.8 Å². The molecule has 1 unspecified atom stereocenters. The lowest BCUT2D eigenvalue weighted by Crippen LogP contribution is -2.18. The number of benzene rings is 2. The van der Waals surface area contributed by atoms with Crippen LogP contribution in [0, 0.1) is 6.92 Å². The van der Waals surface area contributed by atoms with Crippen molar-refractivity contribution in [3.8, 4) is 5.75 Å². The molecule has 0 saturated heterocycles. The summed E-state index contributed by atoms with van der Waals surface area (Å²) in [7, 11) is 0. The third-order valence-electron chi connectivity index (χ3n) is 3.66. The van der Waals surface area contributed by atoms with E-state index in [1.165, 1.54) is 0 Å². The molecule has 0 heterocycles. The van der Waals surface area contributed by atoms with Crippen LogP contribution in [0.2, 0.25) is 0 Å². The SMILES string of the molecule is CCOC(=O)C(CCO)c1c(C)cc2cc(Br)ccc2c1O. The van der Waals surface area contributed by atoms with Crippen LogP contribution in [0.25, 0.3) is 10.8 Å². The normalized spacial score (nSPS) is 12.4. The number of carbonyl (C=O) groups is 1. The summed E-state index contributed by atoms with van der Waals surface area (Å²) in [6, 6.07) is 7.49. The monoisotopic (exact) mass is 366 g/mol. The van der Waals surface area contributed by atoms with E-state index >= 15 is 0 Å². The van der Waals surface area contributed by atoms with E-state index in [0.29, 0.717) is 10.9 Å². The third-order valence-corrected chi connectivity index (χ3v) is 4.15. The molecule has 2 aromatic carbocycles. The maximum atomic E-state index is 12.2. The minimum Gasteiger partial charge on any atom is -0.507 e. The molecular weight excluding hydrogens is 348 g/mol. The van der Waals surface area contributed by atoms with Gasteiger partial charge in [0.2, 0.25) is 0 Å². The highest BCUT2D eigenvalue weighted by atomic mass is 79.9. The molecule has 0 bridgehead atoms. The number of aliphatic hydroxyl groups excluding tert-OH is 1. The first-order valence-electron chi connectivity index (χ1n) is 7.18. The van der Waals surface area contributed by atoms with Gasteiger partial charge in [0, 0.05) is 22.0 Å². The van der Waals surface area contributed by atoms with Gasteiger partial charge < -0.3 is 14.9 Å². The van der Waals surface area contributed by atoms with Crippen LogP contribution in [-0.2, 0) is 9.53 Å². The summed E-state index contributed by atoms with van der Waals surface area (Å²) in [5.74, 6) is -1.02. The number of ether oxygens (including phenoxy) is 1. The van der Waals surface area contributed by atoms with Crippen LogP contribution < -0.4 is 0 Å². The molecule has 2 aromatic rings. The summed E-state index contributed by atoms with van der Waals surface area (Å²) in [5, 5.41) is 21.4. The highest BCUT2D eigenvalue weighted by molar-refractivity contribution is 9.10. The number of phenolic OH excluding ortho intramolecular Hbond substituents is 1. The van der Waals surface area contributed by atoms with E-state index in [1.807, 2.05) is 25.1 Å². The maximum absolute atomic E-state index is 12.2. The number of rotatable bonds is 5. The molecule has 0 radical (unpaired) electrons. The average molecular weight is 367 g/mol. The number of fused-ring (bicyclic) bond motifs is 1. The van der Waals surface area contributed by atoms with Gasteiger partial charge in [-0.1, -0.05) is 22.0 Å². The number of halogens is 1. The molecule has 0 amide bonds. The zero-order valence-corrected chi connectivity index (χ0v) is 14.2. The molecule has 0 aliphatic rings. The van der Waals surface area contributed by atoms with Crippen molar-refractivity contribution >= 4 is 32.7 Å². The Hall–Kier alpha value is -1.59. The number of aromatic hydroxyl groups is 1. The molecule has 4 nitrogen and oxygen atoms in total. The molecule has 0 aliphatic carbocycles. The molecule has 118 valence electrons. The zero-order chi connectivity index (χ0) is 16.3. The van der Waals surface area contributed by atoms with Gasteiger partial charge in [-0.15, -0.1) is 0 Å². The Morgan fingerprint density at radius 1 is 1.36 bits per heavy atom. The Morgan fingerprint density at radius 3 is 2.73 bits per heavy atom. The molecule has 2 rings (SSSR count). The summed E-state index contributed by atoms with van der Waals surface area (Å²) < 4.78 is 6.00. The molecular formula is C17H19BrO4. The molecule has 0 saturated carbocycles. The van der Waals surface area contributed by atoms with Crippen LogP contribution in [0.1, 0.15) is 30.4 Å². The standard InChI is InChI=1S/C17H19BrO4/c1-3-22-17(21)14(6-7-19)15-10(2)8-11-9-12(18)4-5-13(11)16(15)20/h4-5,8-9,14,19-20H,3,6-7H2,1-2H3. The van der Waals surface area contributed by atoms with Crippen molar-refractivity contribution in [2.45, 2.75) is 26.2 Å². The quantitative estimate of drug-likeness (QED) is 0.792. The van der Waals surface area contributed by atoms with Gasteiger partial charge in [0.1, 0.15) is 5.75 Å². The highest BCUT2D eigenvalue weighted by Crippen LogP contribution is 2.39. The first kappa shape index (κ1) is 16.8.